The highest BCUT2D eigenvalue weighted by Gasteiger charge is 2.16. The van der Waals surface area contributed by atoms with E-state index in [9.17, 15) is 4.79 Å². The molecule has 1 aliphatic carbocycles. The zero-order valence-corrected chi connectivity index (χ0v) is 15.4. The van der Waals surface area contributed by atoms with E-state index in [0.717, 1.165) is 29.8 Å². The third-order valence-electron chi connectivity index (χ3n) is 4.41. The Bertz CT molecular complexity index is 682. The van der Waals surface area contributed by atoms with Crippen LogP contribution < -0.4 is 5.32 Å². The van der Waals surface area contributed by atoms with E-state index in [1.54, 1.807) is 11.3 Å². The Morgan fingerprint density at radius 2 is 1.92 bits per heavy atom. The number of carbonyl (C=O) groups is 1. The molecular formula is C20H26N2OS. The Morgan fingerprint density at radius 3 is 2.75 bits per heavy atom. The number of nitrogens with zero attached hydrogens (tertiary/aromatic N) is 1. The maximum absolute atomic E-state index is 12.5. The Hall–Kier alpha value is -1.65. The molecule has 0 bridgehead atoms. The number of aryl methyl sites for hydroxylation is 2. The Morgan fingerprint density at radius 1 is 1.12 bits per heavy atom. The van der Waals surface area contributed by atoms with Crippen molar-refractivity contribution in [3.8, 4) is 0 Å². The van der Waals surface area contributed by atoms with Gasteiger partial charge in [-0.25, -0.2) is 0 Å². The second-order valence-electron chi connectivity index (χ2n) is 6.86. The number of benzene rings is 1. The van der Waals surface area contributed by atoms with Gasteiger partial charge in [0.05, 0.1) is 4.88 Å². The van der Waals surface area contributed by atoms with Crippen molar-refractivity contribution in [3.63, 3.8) is 0 Å². The van der Waals surface area contributed by atoms with Gasteiger partial charge in [-0.15, -0.1) is 11.3 Å². The fraction of sp³-hybridized carbons (Fsp3) is 0.450. The topological polar surface area (TPSA) is 32.3 Å². The maximum atomic E-state index is 12.5. The van der Waals surface area contributed by atoms with Crippen molar-refractivity contribution in [2.24, 2.45) is 0 Å². The zero-order valence-electron chi connectivity index (χ0n) is 14.6. The molecule has 1 N–H and O–H groups in total. The van der Waals surface area contributed by atoms with E-state index in [1.807, 2.05) is 0 Å². The van der Waals surface area contributed by atoms with Crippen LogP contribution in [0.2, 0.25) is 0 Å². The van der Waals surface area contributed by atoms with Crippen LogP contribution in [0.1, 0.15) is 50.5 Å². The van der Waals surface area contributed by atoms with Crippen LogP contribution >= 0.6 is 11.3 Å². The van der Waals surface area contributed by atoms with Crippen molar-refractivity contribution < 1.29 is 4.79 Å². The minimum atomic E-state index is 0.0612. The van der Waals surface area contributed by atoms with Crippen LogP contribution in [-0.2, 0) is 25.9 Å². The van der Waals surface area contributed by atoms with Crippen LogP contribution in [0.3, 0.4) is 0 Å². The molecule has 1 aromatic carbocycles. The fourth-order valence-corrected chi connectivity index (χ4v) is 4.42. The second-order valence-corrected chi connectivity index (χ2v) is 8.00. The van der Waals surface area contributed by atoms with Gasteiger partial charge in [0.15, 0.2) is 0 Å². The standard InChI is InChI=1S/C20H26N2OS/c1-22(2)14-16-8-6-7-15(11-16)13-21-20(23)19-12-17-9-4-3-5-10-18(17)24-19/h6-8,11-12H,3-5,9-10,13-14H2,1-2H3,(H,21,23). The Balaban J connectivity index is 1.61. The van der Waals surface area contributed by atoms with E-state index in [0.29, 0.717) is 6.54 Å². The van der Waals surface area contributed by atoms with Crippen LogP contribution in [0.15, 0.2) is 30.3 Å². The second kappa shape index (κ2) is 7.95. The summed E-state index contributed by atoms with van der Waals surface area (Å²) in [5.74, 6) is 0.0612. The van der Waals surface area contributed by atoms with Crippen molar-refractivity contribution in [1.29, 1.82) is 0 Å². The van der Waals surface area contributed by atoms with Crippen LogP contribution in [-0.4, -0.2) is 24.9 Å². The number of hydrogen-bond donors (Lipinski definition) is 1. The lowest BCUT2D eigenvalue weighted by molar-refractivity contribution is 0.0955. The molecule has 1 aromatic heterocycles. The molecule has 0 saturated carbocycles. The summed E-state index contributed by atoms with van der Waals surface area (Å²) < 4.78 is 0. The lowest BCUT2D eigenvalue weighted by Crippen LogP contribution is -2.22. The minimum Gasteiger partial charge on any atom is -0.347 e. The third kappa shape index (κ3) is 4.46. The van der Waals surface area contributed by atoms with E-state index in [2.05, 4.69) is 54.6 Å². The van der Waals surface area contributed by atoms with Crippen LogP contribution in [0.5, 0.6) is 0 Å². The van der Waals surface area contributed by atoms with Gasteiger partial charge in [0.25, 0.3) is 5.91 Å². The number of amides is 1. The highest BCUT2D eigenvalue weighted by Crippen LogP contribution is 2.28. The molecule has 2 aromatic rings. The first-order valence-electron chi connectivity index (χ1n) is 8.74. The van der Waals surface area contributed by atoms with Gasteiger partial charge in [-0.2, -0.15) is 0 Å². The van der Waals surface area contributed by atoms with Crippen molar-refractivity contribution in [1.82, 2.24) is 10.2 Å². The summed E-state index contributed by atoms with van der Waals surface area (Å²) in [5, 5.41) is 3.08. The average Bonchev–Trinajstić information content (AvgIpc) is 2.83. The van der Waals surface area contributed by atoms with Crippen molar-refractivity contribution in [2.45, 2.75) is 45.2 Å². The number of carbonyl (C=O) groups excluding carboxylic acids is 1. The number of fused-ring (bicyclic) bond motifs is 1. The molecule has 1 aliphatic rings. The van der Waals surface area contributed by atoms with Gasteiger partial charge < -0.3 is 10.2 Å². The van der Waals surface area contributed by atoms with E-state index in [1.165, 1.54) is 35.3 Å². The average molecular weight is 343 g/mol. The smallest absolute Gasteiger partial charge is 0.261 e. The molecule has 3 nitrogen and oxygen atoms in total. The predicted molar refractivity (Wildman–Crippen MR) is 101 cm³/mol. The van der Waals surface area contributed by atoms with Gasteiger partial charge in [0, 0.05) is 18.0 Å². The van der Waals surface area contributed by atoms with Gasteiger partial charge in [-0.3, -0.25) is 4.79 Å². The fourth-order valence-electron chi connectivity index (χ4n) is 3.25. The largest absolute Gasteiger partial charge is 0.347 e. The lowest BCUT2D eigenvalue weighted by atomic mass is 10.1. The molecule has 1 heterocycles. The molecule has 0 unspecified atom stereocenters. The minimum absolute atomic E-state index is 0.0612. The number of thiophene rings is 1. The van der Waals surface area contributed by atoms with Crippen LogP contribution in [0.25, 0.3) is 0 Å². The van der Waals surface area contributed by atoms with Gasteiger partial charge >= 0.3 is 0 Å². The molecule has 3 rings (SSSR count). The molecule has 1 amide bonds. The highest BCUT2D eigenvalue weighted by atomic mass is 32.1. The summed E-state index contributed by atoms with van der Waals surface area (Å²) >= 11 is 1.68. The summed E-state index contributed by atoms with van der Waals surface area (Å²) in [6.45, 7) is 1.50. The number of hydrogen-bond acceptors (Lipinski definition) is 3. The Kier molecular flexibility index (Phi) is 5.69. The number of nitrogens with one attached hydrogen (secondary N) is 1. The summed E-state index contributed by atoms with van der Waals surface area (Å²) in [5.41, 5.74) is 3.83. The van der Waals surface area contributed by atoms with E-state index >= 15 is 0 Å². The first-order chi connectivity index (χ1) is 11.6. The molecule has 24 heavy (non-hydrogen) atoms. The highest BCUT2D eigenvalue weighted by molar-refractivity contribution is 7.14. The third-order valence-corrected chi connectivity index (χ3v) is 5.65. The van der Waals surface area contributed by atoms with E-state index in [-0.39, 0.29) is 5.91 Å². The lowest BCUT2D eigenvalue weighted by Gasteiger charge is -2.11. The normalized spacial score (nSPS) is 14.3. The van der Waals surface area contributed by atoms with Gasteiger partial charge in [0.2, 0.25) is 0 Å². The van der Waals surface area contributed by atoms with Gasteiger partial charge in [-0.05, 0) is 62.5 Å². The Labute approximate surface area is 148 Å². The summed E-state index contributed by atoms with van der Waals surface area (Å²) in [7, 11) is 4.13. The molecule has 0 radical (unpaired) electrons. The molecule has 0 fully saturated rings. The quantitative estimate of drug-likeness (QED) is 0.833. The van der Waals surface area contributed by atoms with Crippen LogP contribution in [0.4, 0.5) is 0 Å². The zero-order chi connectivity index (χ0) is 16.9. The molecular weight excluding hydrogens is 316 g/mol. The molecule has 0 atom stereocenters. The molecule has 128 valence electrons. The van der Waals surface area contributed by atoms with Crippen LogP contribution in [0, 0.1) is 0 Å². The molecule has 0 saturated heterocycles. The van der Waals surface area contributed by atoms with E-state index in [4.69, 9.17) is 0 Å². The maximum Gasteiger partial charge on any atom is 0.261 e. The predicted octanol–water partition coefficient (Wildman–Crippen LogP) is 4.01. The molecule has 0 spiro atoms. The van der Waals surface area contributed by atoms with Gasteiger partial charge in [0.1, 0.15) is 0 Å². The molecule has 4 heteroatoms. The number of rotatable bonds is 5. The first kappa shape index (κ1) is 17.2. The van der Waals surface area contributed by atoms with E-state index < -0.39 is 0 Å². The van der Waals surface area contributed by atoms with Crippen molar-refractivity contribution in [3.05, 3.63) is 56.8 Å². The SMILES string of the molecule is CN(C)Cc1cccc(CNC(=O)c2cc3c(s2)CCCCC3)c1. The summed E-state index contributed by atoms with van der Waals surface area (Å²) in [4.78, 5) is 16.9. The van der Waals surface area contributed by atoms with Crippen molar-refractivity contribution in [2.75, 3.05) is 14.1 Å². The summed E-state index contributed by atoms with van der Waals surface area (Å²) in [6.07, 6.45) is 6.09. The first-order valence-corrected chi connectivity index (χ1v) is 9.56. The molecule has 0 aliphatic heterocycles. The monoisotopic (exact) mass is 342 g/mol. The summed E-state index contributed by atoms with van der Waals surface area (Å²) in [6, 6.07) is 10.5. The van der Waals surface area contributed by atoms with Crippen molar-refractivity contribution >= 4 is 17.2 Å². The van der Waals surface area contributed by atoms with Gasteiger partial charge in [-0.1, -0.05) is 30.7 Å².